The summed E-state index contributed by atoms with van der Waals surface area (Å²) in [4.78, 5) is 25.9. The van der Waals surface area contributed by atoms with Gasteiger partial charge in [-0.05, 0) is 44.0 Å². The molecule has 0 spiro atoms. The average molecular weight is 387 g/mol. The van der Waals surface area contributed by atoms with Crippen LogP contribution in [-0.2, 0) is 9.53 Å². The maximum absolute atomic E-state index is 13.1. The molecule has 0 aliphatic carbocycles. The van der Waals surface area contributed by atoms with Crippen LogP contribution >= 0.6 is 0 Å². The molecule has 0 radical (unpaired) electrons. The molecule has 1 aromatic heterocycles. The minimum Gasteiger partial charge on any atom is -0.461 e. The van der Waals surface area contributed by atoms with Gasteiger partial charge in [-0.2, -0.15) is 0 Å². The van der Waals surface area contributed by atoms with Gasteiger partial charge in [-0.1, -0.05) is 13.8 Å². The van der Waals surface area contributed by atoms with E-state index in [1.54, 1.807) is 44.2 Å². The van der Waals surface area contributed by atoms with Gasteiger partial charge in [-0.3, -0.25) is 4.79 Å². The van der Waals surface area contributed by atoms with Crippen molar-refractivity contribution >= 4 is 17.4 Å². The van der Waals surface area contributed by atoms with E-state index in [-0.39, 0.29) is 36.8 Å². The van der Waals surface area contributed by atoms with Crippen molar-refractivity contribution in [2.75, 3.05) is 12.1 Å². The fourth-order valence-corrected chi connectivity index (χ4v) is 3.08. The van der Waals surface area contributed by atoms with Crippen molar-refractivity contribution in [3.05, 3.63) is 42.4 Å². The highest BCUT2D eigenvalue weighted by Gasteiger charge is 2.46. The van der Waals surface area contributed by atoms with Gasteiger partial charge in [0.05, 0.1) is 12.4 Å². The topological polar surface area (TPSA) is 87.0 Å². The predicted molar refractivity (Wildman–Crippen MR) is 103 cm³/mol. The molecule has 150 valence electrons. The maximum Gasteiger partial charge on any atom is 0.332 e. The quantitative estimate of drug-likeness (QED) is 0.540. The summed E-state index contributed by atoms with van der Waals surface area (Å²) in [5, 5.41) is 3.25. The molecule has 1 atom stereocenters. The number of carbonyl (C=O) groups excluding carboxylic acids is 2. The third-order valence-corrected chi connectivity index (χ3v) is 4.67. The number of fused-ring (bicyclic) bond motifs is 1. The highest BCUT2D eigenvalue weighted by atomic mass is 16.7. The molecular formula is C21H25NO6. The van der Waals surface area contributed by atoms with Crippen molar-refractivity contribution in [3.63, 3.8) is 0 Å². The fourth-order valence-electron chi connectivity index (χ4n) is 3.08. The van der Waals surface area contributed by atoms with Crippen LogP contribution in [0.5, 0.6) is 11.5 Å². The Morgan fingerprint density at radius 1 is 1.14 bits per heavy atom. The molecule has 7 nitrogen and oxygen atoms in total. The molecule has 2 heterocycles. The van der Waals surface area contributed by atoms with Crippen molar-refractivity contribution in [2.24, 2.45) is 5.92 Å². The minimum absolute atomic E-state index is 0.113. The summed E-state index contributed by atoms with van der Waals surface area (Å²) < 4.78 is 21.5. The first-order valence-electron chi connectivity index (χ1n) is 9.27. The Morgan fingerprint density at radius 3 is 2.54 bits per heavy atom. The van der Waals surface area contributed by atoms with Crippen molar-refractivity contribution in [1.29, 1.82) is 0 Å². The maximum atomic E-state index is 13.1. The van der Waals surface area contributed by atoms with Crippen LogP contribution < -0.4 is 14.8 Å². The molecule has 2 aromatic rings. The van der Waals surface area contributed by atoms with E-state index in [2.05, 4.69) is 5.32 Å². The number of anilines is 1. The number of rotatable bonds is 8. The van der Waals surface area contributed by atoms with Crippen LogP contribution in [0.3, 0.4) is 0 Å². The van der Waals surface area contributed by atoms with Gasteiger partial charge in [0.2, 0.25) is 12.6 Å². The lowest BCUT2D eigenvalue weighted by Gasteiger charge is -2.37. The second-order valence-electron chi connectivity index (χ2n) is 7.35. The van der Waals surface area contributed by atoms with Crippen LogP contribution in [0.25, 0.3) is 0 Å². The monoisotopic (exact) mass is 387 g/mol. The molecule has 0 fully saturated rings. The first-order chi connectivity index (χ1) is 13.3. The van der Waals surface area contributed by atoms with Gasteiger partial charge >= 0.3 is 5.97 Å². The van der Waals surface area contributed by atoms with Gasteiger partial charge in [0.1, 0.15) is 5.54 Å². The minimum atomic E-state index is -1.28. The highest BCUT2D eigenvalue weighted by Crippen LogP contribution is 2.37. The van der Waals surface area contributed by atoms with Crippen LogP contribution in [0.1, 0.15) is 44.7 Å². The van der Waals surface area contributed by atoms with Crippen LogP contribution in [0, 0.1) is 5.92 Å². The lowest BCUT2D eigenvalue weighted by Crippen LogP contribution is -2.54. The predicted octanol–water partition coefficient (Wildman–Crippen LogP) is 4.04. The number of hydrogen-bond donors (Lipinski definition) is 1. The third-order valence-electron chi connectivity index (χ3n) is 4.67. The lowest BCUT2D eigenvalue weighted by atomic mass is 9.80. The first-order valence-corrected chi connectivity index (χ1v) is 9.27. The summed E-state index contributed by atoms with van der Waals surface area (Å²) in [6.45, 7) is 7.45. The van der Waals surface area contributed by atoms with Gasteiger partial charge in [0.15, 0.2) is 17.3 Å². The Hall–Kier alpha value is -2.96. The molecule has 1 aliphatic rings. The van der Waals surface area contributed by atoms with E-state index in [0.29, 0.717) is 17.2 Å². The highest BCUT2D eigenvalue weighted by molar-refractivity contribution is 5.99. The Bertz CT molecular complexity index is 843. The fraction of sp³-hybridized carbons (Fsp3) is 0.429. The number of nitrogens with one attached hydrogen (secondary N) is 1. The van der Waals surface area contributed by atoms with Crippen LogP contribution in [0.15, 0.2) is 41.0 Å². The molecule has 1 unspecified atom stereocenters. The second-order valence-corrected chi connectivity index (χ2v) is 7.35. The summed E-state index contributed by atoms with van der Waals surface area (Å²) in [5.41, 5.74) is -0.645. The standard InChI is InChI=1S/C21H25NO6/c1-13(2)21(20(24)28-14(3)4,11-16(23)17-6-5-9-25-17)22-15-7-8-18-19(10-15)27-12-26-18/h5-10,13-14,22H,11-12H2,1-4H3. The Morgan fingerprint density at radius 2 is 1.89 bits per heavy atom. The van der Waals surface area contributed by atoms with Gasteiger partial charge in [0, 0.05) is 18.2 Å². The van der Waals surface area contributed by atoms with E-state index in [1.807, 2.05) is 13.8 Å². The number of benzene rings is 1. The van der Waals surface area contributed by atoms with E-state index in [9.17, 15) is 9.59 Å². The third kappa shape index (κ3) is 3.98. The summed E-state index contributed by atoms with van der Waals surface area (Å²) in [6.07, 6.45) is 1.00. The number of hydrogen-bond acceptors (Lipinski definition) is 7. The summed E-state index contributed by atoms with van der Waals surface area (Å²) in [5.74, 6) is 0.398. The Balaban J connectivity index is 1.96. The van der Waals surface area contributed by atoms with Crippen LogP contribution in [-0.4, -0.2) is 30.2 Å². The molecule has 0 amide bonds. The van der Waals surface area contributed by atoms with E-state index in [4.69, 9.17) is 18.6 Å². The Kier molecular flexibility index (Phi) is 5.63. The smallest absolute Gasteiger partial charge is 0.332 e. The summed E-state index contributed by atoms with van der Waals surface area (Å²) in [6, 6.07) is 8.52. The van der Waals surface area contributed by atoms with Gasteiger partial charge in [0.25, 0.3) is 0 Å². The van der Waals surface area contributed by atoms with Crippen molar-refractivity contribution < 1.29 is 28.2 Å². The largest absolute Gasteiger partial charge is 0.461 e. The normalized spacial score (nSPS) is 14.8. The van der Waals surface area contributed by atoms with Gasteiger partial charge < -0.3 is 23.9 Å². The molecular weight excluding hydrogens is 362 g/mol. The molecule has 1 aliphatic heterocycles. The number of esters is 1. The van der Waals surface area contributed by atoms with Crippen molar-refractivity contribution in [3.8, 4) is 11.5 Å². The molecule has 1 aromatic carbocycles. The zero-order chi connectivity index (χ0) is 20.3. The number of ether oxygens (including phenoxy) is 3. The zero-order valence-electron chi connectivity index (χ0n) is 16.5. The molecule has 0 saturated carbocycles. The molecule has 0 saturated heterocycles. The Labute approximate surface area is 164 Å². The van der Waals surface area contributed by atoms with E-state index < -0.39 is 11.5 Å². The van der Waals surface area contributed by atoms with Crippen molar-refractivity contribution in [2.45, 2.75) is 45.8 Å². The summed E-state index contributed by atoms with van der Waals surface area (Å²) in [7, 11) is 0. The van der Waals surface area contributed by atoms with Crippen LogP contribution in [0.4, 0.5) is 5.69 Å². The molecule has 0 bridgehead atoms. The van der Waals surface area contributed by atoms with E-state index in [1.165, 1.54) is 6.26 Å². The zero-order valence-corrected chi connectivity index (χ0v) is 16.5. The van der Waals surface area contributed by atoms with Crippen molar-refractivity contribution in [1.82, 2.24) is 0 Å². The first kappa shape index (κ1) is 19.8. The average Bonchev–Trinajstić information content (AvgIpc) is 3.31. The van der Waals surface area contributed by atoms with E-state index >= 15 is 0 Å². The number of carbonyl (C=O) groups is 2. The molecule has 28 heavy (non-hydrogen) atoms. The molecule has 3 rings (SSSR count). The lowest BCUT2D eigenvalue weighted by molar-refractivity contribution is -0.154. The molecule has 1 N–H and O–H groups in total. The van der Waals surface area contributed by atoms with E-state index in [0.717, 1.165) is 0 Å². The number of ketones is 1. The van der Waals surface area contributed by atoms with Gasteiger partial charge in [-0.25, -0.2) is 4.79 Å². The molecule has 7 heteroatoms. The SMILES string of the molecule is CC(C)OC(=O)C(CC(=O)c1ccco1)(Nc1ccc2c(c1)OCO2)C(C)C. The number of Topliss-reactive ketones (excluding diaryl/α,β-unsaturated/α-hetero) is 1. The van der Waals surface area contributed by atoms with Gasteiger partial charge in [-0.15, -0.1) is 0 Å². The van der Waals surface area contributed by atoms with Crippen LogP contribution in [0.2, 0.25) is 0 Å². The number of furan rings is 1. The second kappa shape index (κ2) is 7.96. The summed E-state index contributed by atoms with van der Waals surface area (Å²) >= 11 is 0.